The summed E-state index contributed by atoms with van der Waals surface area (Å²) in [4.78, 5) is 49.3. The maximum Gasteiger partial charge on any atom is 0.330 e. The Morgan fingerprint density at radius 2 is 1.40 bits per heavy atom. The van der Waals surface area contributed by atoms with E-state index in [0.717, 1.165) is 6.08 Å². The second kappa shape index (κ2) is 16.8. The molecule has 0 aromatic heterocycles. The maximum atomic E-state index is 12.9. The number of allylic oxidation sites excluding steroid dienone is 4. The van der Waals surface area contributed by atoms with Crippen LogP contribution in [0.1, 0.15) is 67.8 Å². The summed E-state index contributed by atoms with van der Waals surface area (Å²) in [5.74, 6) is -6.94. The summed E-state index contributed by atoms with van der Waals surface area (Å²) < 4.78 is 0. The number of carboxylic acid groups (broad SMARTS) is 1. The summed E-state index contributed by atoms with van der Waals surface area (Å²) in [5, 5.41) is 74.7. The number of amides is 1. The Kier molecular flexibility index (Phi) is 14.0. The van der Waals surface area contributed by atoms with E-state index >= 15 is 0 Å². The van der Waals surface area contributed by atoms with Gasteiger partial charge in [-0.3, -0.25) is 14.4 Å². The van der Waals surface area contributed by atoms with Crippen molar-refractivity contribution in [1.29, 1.82) is 0 Å². The topological polar surface area (TPSA) is 222 Å². The van der Waals surface area contributed by atoms with E-state index in [0.29, 0.717) is 5.56 Å². The number of benzene rings is 1. The van der Waals surface area contributed by atoms with Gasteiger partial charge in [-0.05, 0) is 38.5 Å². The van der Waals surface area contributed by atoms with Gasteiger partial charge < -0.3 is 41.1 Å². The van der Waals surface area contributed by atoms with Crippen molar-refractivity contribution in [3.63, 3.8) is 0 Å². The fourth-order valence-corrected chi connectivity index (χ4v) is 5.47. The molecule has 0 saturated carbocycles. The molecule has 0 spiro atoms. The number of aryl methyl sites for hydroxylation is 1. The predicted molar refractivity (Wildman–Crippen MR) is 173 cm³/mol. The van der Waals surface area contributed by atoms with E-state index in [4.69, 9.17) is 5.11 Å². The van der Waals surface area contributed by atoms with E-state index in [-0.39, 0.29) is 33.7 Å². The van der Waals surface area contributed by atoms with Crippen molar-refractivity contribution >= 4 is 23.4 Å². The van der Waals surface area contributed by atoms with Crippen LogP contribution in [0.5, 0.6) is 5.75 Å². The molecule has 0 fully saturated rings. The summed E-state index contributed by atoms with van der Waals surface area (Å²) in [6.07, 6.45) is 1.97. The van der Waals surface area contributed by atoms with E-state index in [1.165, 1.54) is 51.1 Å². The predicted octanol–water partition coefficient (Wildman–Crippen LogP) is 2.21. The molecule has 0 bridgehead atoms. The number of hydrogen-bond donors (Lipinski definition) is 8. The zero-order chi connectivity index (χ0) is 35.9. The molecule has 1 aromatic carbocycles. The number of aromatic hydroxyl groups is 1. The van der Waals surface area contributed by atoms with Gasteiger partial charge in [0.2, 0.25) is 5.78 Å². The Morgan fingerprint density at radius 1 is 0.851 bits per heavy atom. The van der Waals surface area contributed by atoms with Crippen LogP contribution >= 0.6 is 0 Å². The number of phenols is 1. The zero-order valence-electron chi connectivity index (χ0n) is 27.7. The Bertz CT molecular complexity index is 1470. The van der Waals surface area contributed by atoms with Gasteiger partial charge in [0.25, 0.3) is 5.91 Å². The quantitative estimate of drug-likeness (QED) is 0.101. The average Bonchev–Trinajstić information content (AvgIpc) is 3.03. The largest absolute Gasteiger partial charge is 0.508 e. The SMILES string of the molecule is C/C(=C\C(CO)C(O)C(C)C(O)C(C)C(O)C(C)C(O)C(C)/C=C/C=C(\C)C(=O)NC1=CC(=O)c2cc(O)c(C)cc2C1=O)C(=O)O. The van der Waals surface area contributed by atoms with Gasteiger partial charge in [0.15, 0.2) is 5.78 Å². The van der Waals surface area contributed by atoms with Gasteiger partial charge >= 0.3 is 5.97 Å². The van der Waals surface area contributed by atoms with Gasteiger partial charge in [-0.2, -0.15) is 0 Å². The number of phenolic OH excluding ortho intramolecular Hbond substituents is 1. The lowest BCUT2D eigenvalue weighted by Gasteiger charge is -2.37. The fourth-order valence-electron chi connectivity index (χ4n) is 5.47. The Hall–Kier alpha value is -3.94. The van der Waals surface area contributed by atoms with Crippen molar-refractivity contribution in [2.45, 2.75) is 72.9 Å². The molecule has 0 radical (unpaired) electrons. The molecule has 12 heteroatoms. The number of aliphatic carboxylic acids is 1. The molecule has 1 aliphatic carbocycles. The third-order valence-electron chi connectivity index (χ3n) is 8.96. The van der Waals surface area contributed by atoms with Gasteiger partial charge in [0.05, 0.1) is 36.7 Å². The number of aliphatic hydroxyl groups is 5. The molecule has 1 aliphatic rings. The van der Waals surface area contributed by atoms with E-state index in [1.807, 2.05) is 0 Å². The lowest BCUT2D eigenvalue weighted by atomic mass is 9.77. The van der Waals surface area contributed by atoms with Gasteiger partial charge in [0.1, 0.15) is 5.75 Å². The molecular weight excluding hydrogens is 610 g/mol. The van der Waals surface area contributed by atoms with Crippen LogP contribution in [-0.2, 0) is 9.59 Å². The summed E-state index contributed by atoms with van der Waals surface area (Å²) in [6, 6.07) is 2.61. The van der Waals surface area contributed by atoms with E-state index in [1.54, 1.807) is 33.8 Å². The van der Waals surface area contributed by atoms with Gasteiger partial charge in [0, 0.05) is 57.9 Å². The van der Waals surface area contributed by atoms with E-state index in [9.17, 15) is 49.8 Å². The molecule has 258 valence electrons. The van der Waals surface area contributed by atoms with Crippen molar-refractivity contribution < 1.29 is 54.9 Å². The van der Waals surface area contributed by atoms with E-state index in [2.05, 4.69) is 5.32 Å². The van der Waals surface area contributed by atoms with Crippen LogP contribution in [0.15, 0.2) is 59.4 Å². The Labute approximate surface area is 274 Å². The van der Waals surface area contributed by atoms with Crippen LogP contribution in [0, 0.1) is 36.5 Å². The number of ketones is 2. The van der Waals surface area contributed by atoms with Gasteiger partial charge in [-0.1, -0.05) is 52.0 Å². The highest BCUT2D eigenvalue weighted by Gasteiger charge is 2.38. The van der Waals surface area contributed by atoms with Crippen molar-refractivity contribution in [2.24, 2.45) is 29.6 Å². The standard InChI is InChI=1S/C35H47NO11/c1-16(29(40)20(5)30(41)21(6)31(42)22(7)32(43)23(15-37)11-19(4)35(46)47)9-8-10-17(2)34(45)36-26-14-28(39)24-13-27(38)18(3)12-25(24)33(26)44/h8-14,16,20-23,29-32,37-38,40-43H,15H2,1-7H3,(H,36,45)(H,46,47)/b9-8+,17-10+,19-11+. The van der Waals surface area contributed by atoms with Crippen molar-refractivity contribution in [2.75, 3.05) is 6.61 Å². The molecule has 0 heterocycles. The van der Waals surface area contributed by atoms with Crippen LogP contribution in [-0.4, -0.2) is 90.2 Å². The van der Waals surface area contributed by atoms with Crippen molar-refractivity contribution in [3.05, 3.63) is 76.0 Å². The molecule has 1 amide bonds. The number of carboxylic acids is 1. The molecular formula is C35H47NO11. The summed E-state index contributed by atoms with van der Waals surface area (Å²) >= 11 is 0. The highest BCUT2D eigenvalue weighted by atomic mass is 16.4. The first-order valence-electron chi connectivity index (χ1n) is 15.4. The number of hydrogen-bond acceptors (Lipinski definition) is 10. The molecule has 12 nitrogen and oxygen atoms in total. The van der Waals surface area contributed by atoms with Crippen LogP contribution in [0.25, 0.3) is 0 Å². The number of fused-ring (bicyclic) bond motifs is 1. The lowest BCUT2D eigenvalue weighted by Crippen LogP contribution is -2.46. The Balaban J connectivity index is 2.04. The minimum Gasteiger partial charge on any atom is -0.508 e. The van der Waals surface area contributed by atoms with Gasteiger partial charge in [-0.25, -0.2) is 4.79 Å². The Morgan fingerprint density at radius 3 is 1.96 bits per heavy atom. The van der Waals surface area contributed by atoms with Crippen LogP contribution in [0.4, 0.5) is 0 Å². The third-order valence-corrected chi connectivity index (χ3v) is 8.96. The molecule has 2 rings (SSSR count). The second-order valence-electron chi connectivity index (χ2n) is 12.5. The number of Topliss-reactive ketones (excluding diaryl/α,β-unsaturated/α-hetero) is 1. The maximum absolute atomic E-state index is 12.9. The van der Waals surface area contributed by atoms with Crippen LogP contribution in [0.2, 0.25) is 0 Å². The number of aliphatic hydroxyl groups excluding tert-OH is 5. The molecule has 0 aliphatic heterocycles. The zero-order valence-corrected chi connectivity index (χ0v) is 27.7. The van der Waals surface area contributed by atoms with Crippen molar-refractivity contribution in [3.8, 4) is 5.75 Å². The average molecular weight is 658 g/mol. The highest BCUT2D eigenvalue weighted by Crippen LogP contribution is 2.30. The second-order valence-corrected chi connectivity index (χ2v) is 12.5. The first-order chi connectivity index (χ1) is 21.8. The highest BCUT2D eigenvalue weighted by molar-refractivity contribution is 6.25. The summed E-state index contributed by atoms with van der Waals surface area (Å²) in [7, 11) is 0. The van der Waals surface area contributed by atoms with E-state index < -0.39 is 84.1 Å². The molecule has 9 unspecified atom stereocenters. The summed E-state index contributed by atoms with van der Waals surface area (Å²) in [5.41, 5.74) is 0.462. The third kappa shape index (κ3) is 9.55. The lowest BCUT2D eigenvalue weighted by molar-refractivity contribution is -0.132. The number of rotatable bonds is 15. The van der Waals surface area contributed by atoms with Gasteiger partial charge in [-0.15, -0.1) is 0 Å². The molecule has 47 heavy (non-hydrogen) atoms. The first-order valence-corrected chi connectivity index (χ1v) is 15.4. The normalized spacial score (nSPS) is 20.0. The smallest absolute Gasteiger partial charge is 0.330 e. The molecule has 9 atom stereocenters. The molecule has 0 saturated heterocycles. The fraction of sp³-hybridized carbons (Fsp3) is 0.486. The van der Waals surface area contributed by atoms with Crippen LogP contribution in [0.3, 0.4) is 0 Å². The minimum absolute atomic E-state index is 0.0463. The van der Waals surface area contributed by atoms with Crippen molar-refractivity contribution in [1.82, 2.24) is 5.32 Å². The minimum atomic E-state index is -1.31. The summed E-state index contributed by atoms with van der Waals surface area (Å²) in [6.45, 7) is 10.2. The first kappa shape index (κ1) is 39.2. The molecule has 1 aromatic rings. The molecule has 8 N–H and O–H groups in total. The monoisotopic (exact) mass is 657 g/mol. The van der Waals surface area contributed by atoms with Crippen LogP contribution < -0.4 is 5.32 Å². The number of carbonyl (C=O) groups excluding carboxylic acids is 3. The number of nitrogens with one attached hydrogen (secondary N) is 1. The number of carbonyl (C=O) groups is 4.